The minimum Gasteiger partial charge on any atom is -0.283 e. The van der Waals surface area contributed by atoms with Gasteiger partial charge >= 0.3 is 0 Å². The summed E-state index contributed by atoms with van der Waals surface area (Å²) in [7, 11) is 0. The Bertz CT molecular complexity index is 214. The largest absolute Gasteiger partial charge is 0.283 e. The highest BCUT2D eigenvalue weighted by atomic mass is 15.3. The van der Waals surface area contributed by atoms with Crippen LogP contribution in [-0.2, 0) is 0 Å². The average molecular weight is 166 g/mol. The Balaban J connectivity index is 2.72. The lowest BCUT2D eigenvalue weighted by molar-refractivity contribution is 0.628. The lowest BCUT2D eigenvalue weighted by atomic mass is 9.96. The van der Waals surface area contributed by atoms with Gasteiger partial charge in [0.25, 0.3) is 0 Å². The topological polar surface area (TPSA) is 24.4 Å². The van der Waals surface area contributed by atoms with Gasteiger partial charge in [-0.15, -0.1) is 0 Å². The van der Waals surface area contributed by atoms with Crippen molar-refractivity contribution in [2.24, 2.45) is 16.9 Å². The van der Waals surface area contributed by atoms with Gasteiger partial charge in [0.2, 0.25) is 0 Å². The Morgan fingerprint density at radius 3 is 2.75 bits per heavy atom. The van der Waals surface area contributed by atoms with Crippen molar-refractivity contribution < 1.29 is 0 Å². The van der Waals surface area contributed by atoms with Crippen LogP contribution in [0.1, 0.15) is 34.1 Å². The Labute approximate surface area is 74.7 Å². The first kappa shape index (κ1) is 9.30. The maximum absolute atomic E-state index is 4.28. The first-order valence-electron chi connectivity index (χ1n) is 4.67. The molecule has 1 atom stereocenters. The molecule has 0 aromatic carbocycles. The van der Waals surface area contributed by atoms with Gasteiger partial charge in [0, 0.05) is 17.3 Å². The molecule has 1 aliphatic heterocycles. The molecule has 1 unspecified atom stereocenters. The van der Waals surface area contributed by atoms with Gasteiger partial charge < -0.3 is 0 Å². The molecule has 0 saturated heterocycles. The van der Waals surface area contributed by atoms with E-state index in [4.69, 9.17) is 0 Å². The molecule has 0 amide bonds. The normalized spacial score (nSPS) is 23.2. The van der Waals surface area contributed by atoms with E-state index in [2.05, 4.69) is 44.3 Å². The third-order valence-corrected chi connectivity index (χ3v) is 2.34. The van der Waals surface area contributed by atoms with Crippen molar-refractivity contribution in [3.8, 4) is 0 Å². The molecule has 0 aromatic rings. The third-order valence-electron chi connectivity index (χ3n) is 2.34. The van der Waals surface area contributed by atoms with Crippen molar-refractivity contribution in [3.05, 3.63) is 11.8 Å². The van der Waals surface area contributed by atoms with E-state index < -0.39 is 0 Å². The van der Waals surface area contributed by atoms with E-state index in [1.807, 2.05) is 0 Å². The van der Waals surface area contributed by atoms with Crippen molar-refractivity contribution >= 4 is 5.71 Å². The highest BCUT2D eigenvalue weighted by Crippen LogP contribution is 2.17. The Kier molecular flexibility index (Phi) is 2.90. The molecule has 1 heterocycles. The number of allylic oxidation sites excluding steroid dienone is 2. The van der Waals surface area contributed by atoms with E-state index in [0.717, 1.165) is 6.42 Å². The van der Waals surface area contributed by atoms with E-state index in [9.17, 15) is 0 Å². The predicted octanol–water partition coefficient (Wildman–Crippen LogP) is 2.53. The maximum Gasteiger partial charge on any atom is 0.0420 e. The van der Waals surface area contributed by atoms with Gasteiger partial charge in [-0.25, -0.2) is 0 Å². The van der Waals surface area contributed by atoms with Crippen LogP contribution in [0.25, 0.3) is 0 Å². The summed E-state index contributed by atoms with van der Waals surface area (Å²) in [6.07, 6.45) is 3.44. The van der Waals surface area contributed by atoms with Gasteiger partial charge in [0.1, 0.15) is 0 Å². The van der Waals surface area contributed by atoms with Crippen LogP contribution in [0.3, 0.4) is 0 Å². The van der Waals surface area contributed by atoms with Crippen molar-refractivity contribution in [2.75, 3.05) is 0 Å². The molecule has 1 N–H and O–H groups in total. The molecule has 1 rings (SSSR count). The van der Waals surface area contributed by atoms with Gasteiger partial charge in [-0.05, 0) is 19.3 Å². The van der Waals surface area contributed by atoms with Crippen molar-refractivity contribution in [2.45, 2.75) is 34.1 Å². The van der Waals surface area contributed by atoms with E-state index in [-0.39, 0.29) is 0 Å². The van der Waals surface area contributed by atoms with Gasteiger partial charge in [0.05, 0.1) is 0 Å². The fraction of sp³-hybridized carbons (Fsp3) is 0.700. The number of hydrogen-bond acceptors (Lipinski definition) is 2. The molecule has 68 valence electrons. The van der Waals surface area contributed by atoms with E-state index in [1.54, 1.807) is 0 Å². The van der Waals surface area contributed by atoms with Crippen LogP contribution in [0.2, 0.25) is 0 Å². The van der Waals surface area contributed by atoms with Crippen LogP contribution >= 0.6 is 0 Å². The van der Waals surface area contributed by atoms with Crippen LogP contribution in [0.5, 0.6) is 0 Å². The van der Waals surface area contributed by atoms with Crippen molar-refractivity contribution in [3.63, 3.8) is 0 Å². The molecule has 0 bridgehead atoms. The standard InChI is InChI=1S/C10H18N2/c1-5-9-6-10(7(2)3)12-11-8(9)4/h6-7,9,12H,5H2,1-4H3. The Morgan fingerprint density at radius 2 is 2.25 bits per heavy atom. The van der Waals surface area contributed by atoms with Gasteiger partial charge in [-0.1, -0.05) is 26.8 Å². The van der Waals surface area contributed by atoms with E-state index >= 15 is 0 Å². The molecular weight excluding hydrogens is 148 g/mol. The van der Waals surface area contributed by atoms with E-state index in [0.29, 0.717) is 11.8 Å². The molecule has 0 radical (unpaired) electrons. The highest BCUT2D eigenvalue weighted by Gasteiger charge is 2.14. The van der Waals surface area contributed by atoms with Crippen LogP contribution < -0.4 is 5.43 Å². The molecular formula is C10H18N2. The van der Waals surface area contributed by atoms with Crippen LogP contribution in [0, 0.1) is 11.8 Å². The molecule has 12 heavy (non-hydrogen) atoms. The van der Waals surface area contributed by atoms with Crippen molar-refractivity contribution in [1.29, 1.82) is 0 Å². The fourth-order valence-corrected chi connectivity index (χ4v) is 1.35. The molecule has 1 aliphatic rings. The minimum absolute atomic E-state index is 0.545. The molecule has 2 heteroatoms. The summed E-state index contributed by atoms with van der Waals surface area (Å²) in [5, 5.41) is 4.28. The summed E-state index contributed by atoms with van der Waals surface area (Å²) in [5.74, 6) is 1.10. The quantitative estimate of drug-likeness (QED) is 0.669. The number of nitrogens with zero attached hydrogens (tertiary/aromatic N) is 1. The summed E-state index contributed by atoms with van der Waals surface area (Å²) in [6.45, 7) is 8.64. The van der Waals surface area contributed by atoms with Crippen molar-refractivity contribution in [1.82, 2.24) is 5.43 Å². The first-order chi connectivity index (χ1) is 5.65. The summed E-state index contributed by atoms with van der Waals surface area (Å²) in [5.41, 5.74) is 5.53. The fourth-order valence-electron chi connectivity index (χ4n) is 1.35. The number of rotatable bonds is 2. The average Bonchev–Trinajstić information content (AvgIpc) is 2.05. The number of hydrazone groups is 1. The summed E-state index contributed by atoms with van der Waals surface area (Å²) < 4.78 is 0. The number of hydrogen-bond donors (Lipinski definition) is 1. The SMILES string of the molecule is CCC1C=C(C(C)C)NN=C1C. The third kappa shape index (κ3) is 1.87. The molecule has 0 fully saturated rings. The summed E-state index contributed by atoms with van der Waals surface area (Å²) in [4.78, 5) is 0. The molecule has 0 spiro atoms. The monoisotopic (exact) mass is 166 g/mol. The second-order valence-electron chi connectivity index (χ2n) is 3.66. The van der Waals surface area contributed by atoms with Gasteiger partial charge in [-0.3, -0.25) is 5.43 Å². The predicted molar refractivity (Wildman–Crippen MR) is 52.9 cm³/mol. The first-order valence-corrected chi connectivity index (χ1v) is 4.67. The zero-order chi connectivity index (χ0) is 9.14. The lowest BCUT2D eigenvalue weighted by Crippen LogP contribution is -2.23. The Morgan fingerprint density at radius 1 is 1.58 bits per heavy atom. The van der Waals surface area contributed by atoms with Crippen LogP contribution in [0.15, 0.2) is 16.9 Å². The lowest BCUT2D eigenvalue weighted by Gasteiger charge is -2.21. The Hall–Kier alpha value is -0.790. The van der Waals surface area contributed by atoms with E-state index in [1.165, 1.54) is 11.4 Å². The molecule has 0 aromatic heterocycles. The van der Waals surface area contributed by atoms with Crippen LogP contribution in [-0.4, -0.2) is 5.71 Å². The summed E-state index contributed by atoms with van der Waals surface area (Å²) >= 11 is 0. The zero-order valence-electron chi connectivity index (χ0n) is 8.39. The minimum atomic E-state index is 0.545. The highest BCUT2D eigenvalue weighted by molar-refractivity contribution is 5.86. The maximum atomic E-state index is 4.28. The van der Waals surface area contributed by atoms with Gasteiger partial charge in [-0.2, -0.15) is 5.10 Å². The molecule has 2 nitrogen and oxygen atoms in total. The van der Waals surface area contributed by atoms with Crippen LogP contribution in [0.4, 0.5) is 0 Å². The second kappa shape index (κ2) is 3.74. The zero-order valence-corrected chi connectivity index (χ0v) is 8.39. The van der Waals surface area contributed by atoms with Gasteiger partial charge in [0.15, 0.2) is 0 Å². The smallest absolute Gasteiger partial charge is 0.0420 e. The molecule has 0 aliphatic carbocycles. The number of nitrogens with one attached hydrogen (secondary N) is 1. The summed E-state index contributed by atoms with van der Waals surface area (Å²) in [6, 6.07) is 0. The second-order valence-corrected chi connectivity index (χ2v) is 3.66. The molecule has 0 saturated carbocycles.